The monoisotopic (exact) mass is 296 g/mol. The molecule has 0 fully saturated rings. The minimum atomic E-state index is -0.0145. The van der Waals surface area contributed by atoms with Gasteiger partial charge in [-0.25, -0.2) is 0 Å². The normalized spacial score (nSPS) is 10.7. The lowest BCUT2D eigenvalue weighted by molar-refractivity contribution is 0.104. The third kappa shape index (κ3) is 3.76. The molecule has 0 atom stereocenters. The van der Waals surface area contributed by atoms with E-state index < -0.39 is 0 Å². The quantitative estimate of drug-likeness (QED) is 0.612. The van der Waals surface area contributed by atoms with Gasteiger partial charge in [0, 0.05) is 11.6 Å². The van der Waals surface area contributed by atoms with Gasteiger partial charge in [0.2, 0.25) is 0 Å². The van der Waals surface area contributed by atoms with Crippen LogP contribution < -0.4 is 9.47 Å². The molecule has 2 aromatic carbocycles. The second-order valence-corrected chi connectivity index (χ2v) is 5.16. The van der Waals surface area contributed by atoms with E-state index in [0.29, 0.717) is 11.5 Å². The molecule has 0 radical (unpaired) electrons. The van der Waals surface area contributed by atoms with Crippen molar-refractivity contribution in [2.45, 2.75) is 13.8 Å². The fourth-order valence-electron chi connectivity index (χ4n) is 2.28. The van der Waals surface area contributed by atoms with E-state index in [-0.39, 0.29) is 5.78 Å². The Bertz CT molecular complexity index is 692. The van der Waals surface area contributed by atoms with Crippen molar-refractivity contribution in [1.29, 1.82) is 0 Å². The van der Waals surface area contributed by atoms with E-state index in [1.54, 1.807) is 32.4 Å². The Hall–Kier alpha value is -2.55. The van der Waals surface area contributed by atoms with Gasteiger partial charge in [0.25, 0.3) is 0 Å². The number of rotatable bonds is 5. The maximum Gasteiger partial charge on any atom is 0.186 e. The molecule has 2 rings (SSSR count). The van der Waals surface area contributed by atoms with E-state index >= 15 is 0 Å². The Morgan fingerprint density at radius 1 is 0.955 bits per heavy atom. The fourth-order valence-corrected chi connectivity index (χ4v) is 2.28. The van der Waals surface area contributed by atoms with Crippen LogP contribution >= 0.6 is 0 Å². The van der Waals surface area contributed by atoms with Gasteiger partial charge < -0.3 is 9.47 Å². The van der Waals surface area contributed by atoms with Crippen LogP contribution in [0.25, 0.3) is 6.08 Å². The zero-order valence-electron chi connectivity index (χ0n) is 13.3. The molecule has 0 heterocycles. The largest absolute Gasteiger partial charge is 0.497 e. The molecule has 22 heavy (non-hydrogen) atoms. The van der Waals surface area contributed by atoms with Crippen LogP contribution in [0.3, 0.4) is 0 Å². The minimum absolute atomic E-state index is 0.0145. The number of carbonyl (C=O) groups excluding carboxylic acids is 1. The van der Waals surface area contributed by atoms with Crippen LogP contribution in [0.15, 0.2) is 42.5 Å². The second-order valence-electron chi connectivity index (χ2n) is 5.16. The molecule has 0 saturated heterocycles. The van der Waals surface area contributed by atoms with Crippen LogP contribution in [0.4, 0.5) is 0 Å². The summed E-state index contributed by atoms with van der Waals surface area (Å²) in [5.41, 5.74) is 3.71. The van der Waals surface area contributed by atoms with Crippen molar-refractivity contribution >= 4 is 11.9 Å². The molecular formula is C19H20O3. The van der Waals surface area contributed by atoms with Gasteiger partial charge in [-0.15, -0.1) is 0 Å². The van der Waals surface area contributed by atoms with Crippen LogP contribution in [-0.4, -0.2) is 20.0 Å². The van der Waals surface area contributed by atoms with E-state index in [9.17, 15) is 4.79 Å². The van der Waals surface area contributed by atoms with Gasteiger partial charge in [-0.3, -0.25) is 4.79 Å². The predicted molar refractivity (Wildman–Crippen MR) is 88.8 cm³/mol. The minimum Gasteiger partial charge on any atom is -0.497 e. The Kier molecular flexibility index (Phi) is 4.99. The lowest BCUT2D eigenvalue weighted by Crippen LogP contribution is -1.98. The van der Waals surface area contributed by atoms with E-state index in [0.717, 1.165) is 22.3 Å². The van der Waals surface area contributed by atoms with Crippen LogP contribution in [0.1, 0.15) is 27.0 Å². The van der Waals surface area contributed by atoms with Crippen LogP contribution in [0.2, 0.25) is 0 Å². The average Bonchev–Trinajstić information content (AvgIpc) is 2.52. The van der Waals surface area contributed by atoms with Crippen molar-refractivity contribution in [3.8, 4) is 11.5 Å². The zero-order valence-corrected chi connectivity index (χ0v) is 13.3. The van der Waals surface area contributed by atoms with Gasteiger partial charge in [-0.1, -0.05) is 29.8 Å². The highest BCUT2D eigenvalue weighted by atomic mass is 16.5. The lowest BCUT2D eigenvalue weighted by Gasteiger charge is -2.06. The lowest BCUT2D eigenvalue weighted by atomic mass is 10.0. The average molecular weight is 296 g/mol. The smallest absolute Gasteiger partial charge is 0.186 e. The topological polar surface area (TPSA) is 35.5 Å². The summed E-state index contributed by atoms with van der Waals surface area (Å²) in [6.07, 6.45) is 3.35. The molecule has 2 aromatic rings. The van der Waals surface area contributed by atoms with E-state index in [1.165, 1.54) is 0 Å². The number of aryl methyl sites for hydroxylation is 2. The number of carbonyl (C=O) groups is 1. The van der Waals surface area contributed by atoms with E-state index in [2.05, 4.69) is 0 Å². The number of benzene rings is 2. The maximum absolute atomic E-state index is 12.3. The van der Waals surface area contributed by atoms with Crippen molar-refractivity contribution in [3.05, 3.63) is 64.7 Å². The third-order valence-corrected chi connectivity index (χ3v) is 3.45. The zero-order chi connectivity index (χ0) is 16.1. The number of ketones is 1. The Balaban J connectivity index is 2.26. The SMILES string of the molecule is COc1cc(/C=C/C(=O)c2ccc(C)cc2C)cc(OC)c1. The first-order valence-electron chi connectivity index (χ1n) is 7.06. The number of hydrogen-bond acceptors (Lipinski definition) is 3. The van der Waals surface area contributed by atoms with E-state index in [1.807, 2.05) is 44.2 Å². The number of hydrogen-bond donors (Lipinski definition) is 0. The molecule has 0 aliphatic rings. The fraction of sp³-hybridized carbons (Fsp3) is 0.211. The van der Waals surface area contributed by atoms with E-state index in [4.69, 9.17) is 9.47 Å². The predicted octanol–water partition coefficient (Wildman–Crippen LogP) is 4.22. The van der Waals surface area contributed by atoms with Crippen molar-refractivity contribution in [2.24, 2.45) is 0 Å². The van der Waals surface area contributed by atoms with Gasteiger partial charge in [0.1, 0.15) is 11.5 Å². The van der Waals surface area contributed by atoms with Crippen molar-refractivity contribution in [2.75, 3.05) is 14.2 Å². The van der Waals surface area contributed by atoms with Crippen LogP contribution in [0.5, 0.6) is 11.5 Å². The Morgan fingerprint density at radius 2 is 1.59 bits per heavy atom. The third-order valence-electron chi connectivity index (χ3n) is 3.45. The van der Waals surface area contributed by atoms with Gasteiger partial charge in [-0.2, -0.15) is 0 Å². The summed E-state index contributed by atoms with van der Waals surface area (Å²) < 4.78 is 10.4. The number of ether oxygens (including phenoxy) is 2. The van der Waals surface area contributed by atoms with Crippen molar-refractivity contribution in [1.82, 2.24) is 0 Å². The summed E-state index contributed by atoms with van der Waals surface area (Å²) in [4.78, 5) is 12.3. The molecule has 0 aliphatic heterocycles. The summed E-state index contributed by atoms with van der Waals surface area (Å²) in [6, 6.07) is 11.3. The highest BCUT2D eigenvalue weighted by molar-refractivity contribution is 6.07. The molecule has 0 aliphatic carbocycles. The highest BCUT2D eigenvalue weighted by Crippen LogP contribution is 2.23. The summed E-state index contributed by atoms with van der Waals surface area (Å²) in [5, 5.41) is 0. The molecule has 0 spiro atoms. The van der Waals surface area contributed by atoms with Crippen LogP contribution in [0, 0.1) is 13.8 Å². The van der Waals surface area contributed by atoms with Gasteiger partial charge in [0.15, 0.2) is 5.78 Å². The molecule has 0 saturated carbocycles. The Morgan fingerprint density at radius 3 is 2.14 bits per heavy atom. The Labute approximate surface area is 131 Å². The molecule has 0 bridgehead atoms. The standard InChI is InChI=1S/C19H20O3/c1-13-5-7-18(14(2)9-13)19(20)8-6-15-10-16(21-3)12-17(11-15)22-4/h5-12H,1-4H3/b8-6+. The second kappa shape index (κ2) is 6.94. The first-order chi connectivity index (χ1) is 10.5. The molecule has 0 N–H and O–H groups in total. The summed E-state index contributed by atoms with van der Waals surface area (Å²) in [7, 11) is 3.20. The maximum atomic E-state index is 12.3. The van der Waals surface area contributed by atoms with Gasteiger partial charge in [-0.05, 0) is 43.2 Å². The molecule has 0 aromatic heterocycles. The summed E-state index contributed by atoms with van der Waals surface area (Å²) in [6.45, 7) is 3.96. The van der Waals surface area contributed by atoms with Crippen molar-refractivity contribution in [3.63, 3.8) is 0 Å². The first kappa shape index (κ1) is 15.8. The number of allylic oxidation sites excluding steroid dienone is 1. The molecule has 0 amide bonds. The summed E-state index contributed by atoms with van der Waals surface area (Å²) >= 11 is 0. The van der Waals surface area contributed by atoms with Gasteiger partial charge >= 0.3 is 0 Å². The molecule has 3 heteroatoms. The molecule has 0 unspecified atom stereocenters. The molecule has 114 valence electrons. The molecule has 3 nitrogen and oxygen atoms in total. The van der Waals surface area contributed by atoms with Crippen LogP contribution in [-0.2, 0) is 0 Å². The first-order valence-corrected chi connectivity index (χ1v) is 7.06. The van der Waals surface area contributed by atoms with Crippen molar-refractivity contribution < 1.29 is 14.3 Å². The number of methoxy groups -OCH3 is 2. The molecular weight excluding hydrogens is 276 g/mol. The summed E-state index contributed by atoms with van der Waals surface area (Å²) in [5.74, 6) is 1.37. The van der Waals surface area contributed by atoms with Gasteiger partial charge in [0.05, 0.1) is 14.2 Å². The highest BCUT2D eigenvalue weighted by Gasteiger charge is 2.06.